The largest absolute Gasteiger partial charge is 0.344 e. The molecule has 0 fully saturated rings. The summed E-state index contributed by atoms with van der Waals surface area (Å²) in [6.07, 6.45) is 3.69. The lowest BCUT2D eigenvalue weighted by Crippen LogP contribution is -1.75. The van der Waals surface area contributed by atoms with Gasteiger partial charge >= 0.3 is 0 Å². The molecule has 0 bridgehead atoms. The molecule has 0 aromatic heterocycles. The normalized spacial score (nSPS) is 7.56. The first-order chi connectivity index (χ1) is 3.91. The zero-order valence-corrected chi connectivity index (χ0v) is 6.71. The number of thiocyanates is 1. The van der Waals surface area contributed by atoms with E-state index >= 15 is 0 Å². The van der Waals surface area contributed by atoms with E-state index in [9.17, 15) is 0 Å². The molecule has 0 spiro atoms. The zero-order valence-electron chi connectivity index (χ0n) is 5.89. The van der Waals surface area contributed by atoms with Crippen molar-refractivity contribution < 1.29 is 0 Å². The molecule has 0 saturated heterocycles. The van der Waals surface area contributed by atoms with Gasteiger partial charge in [0, 0.05) is 5.75 Å². The maximum Gasteiger partial charge on any atom is 0.133 e. The molecule has 9 heavy (non-hydrogen) atoms. The van der Waals surface area contributed by atoms with Crippen LogP contribution in [0.25, 0.3) is 0 Å². The number of thioether (sulfide) groups is 1. The van der Waals surface area contributed by atoms with E-state index in [4.69, 9.17) is 5.26 Å². The predicted molar refractivity (Wildman–Crippen MR) is 42.6 cm³/mol. The molecule has 0 atom stereocenters. The van der Waals surface area contributed by atoms with Gasteiger partial charge in [0.15, 0.2) is 0 Å². The Morgan fingerprint density at radius 2 is 2.11 bits per heavy atom. The highest BCUT2D eigenvalue weighted by atomic mass is 32.2. The highest BCUT2D eigenvalue weighted by Crippen LogP contribution is 2.02. The van der Waals surface area contributed by atoms with Crippen LogP contribution in [0.5, 0.6) is 0 Å². The van der Waals surface area contributed by atoms with E-state index in [1.54, 1.807) is 0 Å². The van der Waals surface area contributed by atoms with Crippen molar-refractivity contribution in [3.8, 4) is 5.40 Å². The lowest BCUT2D eigenvalue weighted by Gasteiger charge is -1.89. The summed E-state index contributed by atoms with van der Waals surface area (Å²) >= 11 is 1.35. The molecule has 0 radical (unpaired) electrons. The fourth-order valence-corrected chi connectivity index (χ4v) is 0.910. The molecule has 0 saturated carbocycles. The molecule has 0 aliphatic rings. The Morgan fingerprint density at radius 1 is 1.44 bits per heavy atom. The quantitative estimate of drug-likeness (QED) is 0.489. The highest BCUT2D eigenvalue weighted by molar-refractivity contribution is 8.03. The molecule has 0 aromatic carbocycles. The fraction of sp³-hybridized carbons (Fsp3) is 0.833. The Hall–Kier alpha value is -0.200. The lowest BCUT2D eigenvalue weighted by atomic mass is 10.3. The van der Waals surface area contributed by atoms with Gasteiger partial charge in [0.2, 0.25) is 0 Å². The van der Waals surface area contributed by atoms with Gasteiger partial charge in [-0.05, 0) is 18.2 Å². The van der Waals surface area contributed by atoms with E-state index in [0.29, 0.717) is 0 Å². The van der Waals surface area contributed by atoms with Crippen molar-refractivity contribution in [1.82, 2.24) is 6.15 Å². The standard InChI is InChI=1S/C6H11NS.H3N/c1-2-3-4-5-8-6-7;/h2-5H2,1H3;1H3. The third-order valence-electron chi connectivity index (χ3n) is 0.915. The van der Waals surface area contributed by atoms with Gasteiger partial charge < -0.3 is 6.15 Å². The number of hydrogen-bond acceptors (Lipinski definition) is 3. The Bertz CT molecular complexity index is 77.6. The molecule has 54 valence electrons. The van der Waals surface area contributed by atoms with Crippen molar-refractivity contribution in [3.63, 3.8) is 0 Å². The average Bonchev–Trinajstić information content (AvgIpc) is 1.81. The van der Waals surface area contributed by atoms with Crippen LogP contribution in [0.15, 0.2) is 0 Å². The Labute approximate surface area is 61.2 Å². The topological polar surface area (TPSA) is 58.8 Å². The van der Waals surface area contributed by atoms with E-state index in [0.717, 1.165) is 5.75 Å². The summed E-state index contributed by atoms with van der Waals surface area (Å²) in [5, 5.41) is 10.1. The summed E-state index contributed by atoms with van der Waals surface area (Å²) in [5.41, 5.74) is 0. The molecule has 0 unspecified atom stereocenters. The van der Waals surface area contributed by atoms with E-state index in [1.807, 2.05) is 5.40 Å². The van der Waals surface area contributed by atoms with Gasteiger partial charge in [-0.3, -0.25) is 0 Å². The van der Waals surface area contributed by atoms with Crippen LogP contribution >= 0.6 is 11.8 Å². The first kappa shape index (κ1) is 11.6. The maximum atomic E-state index is 8.08. The van der Waals surface area contributed by atoms with Crippen molar-refractivity contribution in [3.05, 3.63) is 0 Å². The second-order valence-corrected chi connectivity index (χ2v) is 2.53. The van der Waals surface area contributed by atoms with E-state index in [-0.39, 0.29) is 6.15 Å². The summed E-state index contributed by atoms with van der Waals surface area (Å²) in [5.74, 6) is 1.00. The minimum Gasteiger partial charge on any atom is -0.344 e. The van der Waals surface area contributed by atoms with Gasteiger partial charge in [0.05, 0.1) is 0 Å². The minimum atomic E-state index is 0. The highest BCUT2D eigenvalue weighted by Gasteiger charge is 1.83. The van der Waals surface area contributed by atoms with Gasteiger partial charge in [-0.15, -0.1) is 0 Å². The zero-order chi connectivity index (χ0) is 6.24. The summed E-state index contributed by atoms with van der Waals surface area (Å²) in [6, 6.07) is 0. The van der Waals surface area contributed by atoms with Gasteiger partial charge in [-0.1, -0.05) is 19.8 Å². The molecule has 0 rings (SSSR count). The van der Waals surface area contributed by atoms with Gasteiger partial charge in [0.1, 0.15) is 5.40 Å². The minimum absolute atomic E-state index is 0. The average molecular weight is 146 g/mol. The van der Waals surface area contributed by atoms with Crippen molar-refractivity contribution in [1.29, 1.82) is 5.26 Å². The van der Waals surface area contributed by atoms with Crippen LogP contribution in [0.3, 0.4) is 0 Å². The Balaban J connectivity index is 0. The molecular weight excluding hydrogens is 132 g/mol. The smallest absolute Gasteiger partial charge is 0.133 e. The van der Waals surface area contributed by atoms with Crippen LogP contribution in [0.2, 0.25) is 0 Å². The Morgan fingerprint density at radius 3 is 2.56 bits per heavy atom. The second-order valence-electron chi connectivity index (χ2n) is 1.65. The fourth-order valence-electron chi connectivity index (χ4n) is 0.470. The van der Waals surface area contributed by atoms with Gasteiger partial charge in [-0.2, -0.15) is 5.26 Å². The molecular formula is C6H14N2S. The first-order valence-electron chi connectivity index (χ1n) is 2.92. The van der Waals surface area contributed by atoms with Crippen LogP contribution in [0, 0.1) is 10.7 Å². The van der Waals surface area contributed by atoms with Crippen LogP contribution in [-0.4, -0.2) is 5.75 Å². The summed E-state index contributed by atoms with van der Waals surface area (Å²) < 4.78 is 0. The SMILES string of the molecule is CCCCCSC#N.N. The van der Waals surface area contributed by atoms with E-state index in [2.05, 4.69) is 6.92 Å². The van der Waals surface area contributed by atoms with E-state index < -0.39 is 0 Å². The summed E-state index contributed by atoms with van der Waals surface area (Å²) in [7, 11) is 0. The van der Waals surface area contributed by atoms with Crippen LogP contribution in [0.4, 0.5) is 0 Å². The number of nitriles is 1. The molecule has 2 nitrogen and oxygen atoms in total. The van der Waals surface area contributed by atoms with Crippen LogP contribution < -0.4 is 6.15 Å². The maximum absolute atomic E-state index is 8.08. The Kier molecular flexibility index (Phi) is 13.8. The first-order valence-corrected chi connectivity index (χ1v) is 3.91. The monoisotopic (exact) mass is 146 g/mol. The molecule has 3 N–H and O–H groups in total. The summed E-state index contributed by atoms with van der Waals surface area (Å²) in [4.78, 5) is 0. The van der Waals surface area contributed by atoms with Crippen molar-refractivity contribution in [2.45, 2.75) is 26.2 Å². The third-order valence-corrected chi connectivity index (χ3v) is 1.54. The van der Waals surface area contributed by atoms with Crippen molar-refractivity contribution in [2.75, 3.05) is 5.75 Å². The van der Waals surface area contributed by atoms with E-state index in [1.165, 1.54) is 31.0 Å². The number of rotatable bonds is 4. The predicted octanol–water partition coefficient (Wildman–Crippen LogP) is 2.55. The van der Waals surface area contributed by atoms with Crippen LogP contribution in [0.1, 0.15) is 26.2 Å². The number of nitrogens with zero attached hydrogens (tertiary/aromatic N) is 1. The second kappa shape index (κ2) is 10.7. The summed E-state index contributed by atoms with van der Waals surface area (Å²) in [6.45, 7) is 2.16. The lowest BCUT2D eigenvalue weighted by molar-refractivity contribution is 0.779. The molecule has 3 heteroatoms. The molecule has 0 aromatic rings. The molecule has 0 amide bonds. The third kappa shape index (κ3) is 11.4. The number of hydrogen-bond donors (Lipinski definition) is 1. The van der Waals surface area contributed by atoms with Crippen molar-refractivity contribution in [2.24, 2.45) is 0 Å². The molecule has 0 heterocycles. The van der Waals surface area contributed by atoms with Crippen LogP contribution in [-0.2, 0) is 0 Å². The van der Waals surface area contributed by atoms with Gasteiger partial charge in [0.25, 0.3) is 0 Å². The molecule has 0 aliphatic heterocycles. The number of unbranched alkanes of at least 4 members (excludes halogenated alkanes) is 2. The van der Waals surface area contributed by atoms with Crippen molar-refractivity contribution >= 4 is 11.8 Å². The van der Waals surface area contributed by atoms with Gasteiger partial charge in [-0.25, -0.2) is 0 Å². The molecule has 0 aliphatic carbocycles.